The molecule has 15 heavy (non-hydrogen) atoms. The summed E-state index contributed by atoms with van der Waals surface area (Å²) in [6.07, 6.45) is 2.80. The Hall–Kier alpha value is -0.120. The van der Waals surface area contributed by atoms with Gasteiger partial charge in [-0.3, -0.25) is 4.90 Å². The smallest absolute Gasteiger partial charge is 0.0700 e. The topological polar surface area (TPSA) is 24.5 Å². The Morgan fingerprint density at radius 3 is 2.80 bits per heavy atom. The normalized spacial score (nSPS) is 25.4. The SMILES string of the molecule is CCNC(CC)CN1CCOC(CC)C1. The van der Waals surface area contributed by atoms with E-state index in [0.29, 0.717) is 12.1 Å². The molecule has 1 rings (SSSR count). The third kappa shape index (κ3) is 4.49. The molecule has 1 fully saturated rings. The molecule has 90 valence electrons. The molecule has 0 radical (unpaired) electrons. The van der Waals surface area contributed by atoms with Crippen LogP contribution in [0.5, 0.6) is 0 Å². The van der Waals surface area contributed by atoms with Crippen LogP contribution in [-0.4, -0.2) is 49.8 Å². The van der Waals surface area contributed by atoms with Crippen molar-refractivity contribution in [1.82, 2.24) is 10.2 Å². The summed E-state index contributed by atoms with van der Waals surface area (Å²) in [4.78, 5) is 2.54. The first-order valence-electron chi connectivity index (χ1n) is 6.37. The van der Waals surface area contributed by atoms with Gasteiger partial charge in [0.05, 0.1) is 12.7 Å². The number of likely N-dealkylation sites (N-methyl/N-ethyl adjacent to an activating group) is 1. The van der Waals surface area contributed by atoms with Crippen LogP contribution in [0.2, 0.25) is 0 Å². The number of hydrogen-bond donors (Lipinski definition) is 1. The first-order chi connectivity index (χ1) is 7.30. The van der Waals surface area contributed by atoms with Gasteiger partial charge in [-0.25, -0.2) is 0 Å². The molecule has 0 saturated carbocycles. The van der Waals surface area contributed by atoms with Crippen molar-refractivity contribution in [3.05, 3.63) is 0 Å². The zero-order valence-electron chi connectivity index (χ0n) is 10.5. The van der Waals surface area contributed by atoms with Crippen LogP contribution in [0, 0.1) is 0 Å². The van der Waals surface area contributed by atoms with E-state index >= 15 is 0 Å². The minimum absolute atomic E-state index is 0.456. The van der Waals surface area contributed by atoms with E-state index in [1.165, 1.54) is 13.0 Å². The van der Waals surface area contributed by atoms with Gasteiger partial charge in [0.25, 0.3) is 0 Å². The quantitative estimate of drug-likeness (QED) is 0.725. The van der Waals surface area contributed by atoms with Crippen molar-refractivity contribution in [2.75, 3.05) is 32.8 Å². The number of ether oxygens (including phenoxy) is 1. The van der Waals surface area contributed by atoms with E-state index in [4.69, 9.17) is 4.74 Å². The van der Waals surface area contributed by atoms with Gasteiger partial charge in [0.1, 0.15) is 0 Å². The van der Waals surface area contributed by atoms with Gasteiger partial charge in [0, 0.05) is 25.7 Å². The fourth-order valence-electron chi connectivity index (χ4n) is 2.13. The number of nitrogens with zero attached hydrogens (tertiary/aromatic N) is 1. The van der Waals surface area contributed by atoms with E-state index in [1.807, 2.05) is 0 Å². The van der Waals surface area contributed by atoms with Crippen LogP contribution in [0.1, 0.15) is 33.6 Å². The highest BCUT2D eigenvalue weighted by Gasteiger charge is 2.20. The van der Waals surface area contributed by atoms with Gasteiger partial charge in [-0.1, -0.05) is 20.8 Å². The van der Waals surface area contributed by atoms with Gasteiger partial charge in [0.15, 0.2) is 0 Å². The third-order valence-electron chi connectivity index (χ3n) is 3.14. The van der Waals surface area contributed by atoms with Gasteiger partial charge < -0.3 is 10.1 Å². The Labute approximate surface area is 94.2 Å². The Morgan fingerprint density at radius 1 is 1.40 bits per heavy atom. The van der Waals surface area contributed by atoms with Gasteiger partial charge in [0.2, 0.25) is 0 Å². The summed E-state index contributed by atoms with van der Waals surface area (Å²) in [5.74, 6) is 0. The van der Waals surface area contributed by atoms with E-state index in [9.17, 15) is 0 Å². The van der Waals surface area contributed by atoms with Crippen molar-refractivity contribution < 1.29 is 4.74 Å². The maximum absolute atomic E-state index is 5.67. The second-order valence-electron chi connectivity index (χ2n) is 4.32. The molecule has 1 heterocycles. The largest absolute Gasteiger partial charge is 0.376 e. The standard InChI is InChI=1S/C12H26N2O/c1-4-11(13-6-3)9-14-7-8-15-12(5-2)10-14/h11-13H,4-10H2,1-3H3. The van der Waals surface area contributed by atoms with Crippen LogP contribution in [0.25, 0.3) is 0 Å². The fourth-order valence-corrected chi connectivity index (χ4v) is 2.13. The summed E-state index contributed by atoms with van der Waals surface area (Å²) in [5.41, 5.74) is 0. The molecule has 3 heteroatoms. The number of nitrogens with one attached hydrogen (secondary N) is 1. The molecule has 2 atom stereocenters. The summed E-state index contributed by atoms with van der Waals surface area (Å²) in [6.45, 7) is 12.0. The van der Waals surface area contributed by atoms with Crippen LogP contribution >= 0.6 is 0 Å². The molecule has 1 aliphatic heterocycles. The first kappa shape index (κ1) is 12.9. The highest BCUT2D eigenvalue weighted by Crippen LogP contribution is 2.09. The second-order valence-corrected chi connectivity index (χ2v) is 4.32. The van der Waals surface area contributed by atoms with E-state index < -0.39 is 0 Å². The van der Waals surface area contributed by atoms with Crippen molar-refractivity contribution in [3.63, 3.8) is 0 Å². The minimum atomic E-state index is 0.456. The number of rotatable bonds is 6. The monoisotopic (exact) mass is 214 g/mol. The first-order valence-corrected chi connectivity index (χ1v) is 6.37. The van der Waals surface area contributed by atoms with Crippen LogP contribution in [0.4, 0.5) is 0 Å². The molecule has 3 nitrogen and oxygen atoms in total. The molecule has 0 amide bonds. The summed E-state index contributed by atoms with van der Waals surface area (Å²) in [7, 11) is 0. The lowest BCUT2D eigenvalue weighted by Crippen LogP contribution is -2.48. The van der Waals surface area contributed by atoms with E-state index in [-0.39, 0.29) is 0 Å². The van der Waals surface area contributed by atoms with E-state index in [2.05, 4.69) is 31.0 Å². The van der Waals surface area contributed by atoms with Crippen molar-refractivity contribution in [2.24, 2.45) is 0 Å². The molecule has 1 saturated heterocycles. The summed E-state index contributed by atoms with van der Waals surface area (Å²) in [6, 6.07) is 0.644. The average molecular weight is 214 g/mol. The molecule has 0 spiro atoms. The summed E-state index contributed by atoms with van der Waals surface area (Å²) in [5, 5.41) is 3.53. The molecule has 0 aliphatic carbocycles. The zero-order valence-corrected chi connectivity index (χ0v) is 10.5. The second kappa shape index (κ2) is 7.20. The van der Waals surface area contributed by atoms with Crippen molar-refractivity contribution in [3.8, 4) is 0 Å². The lowest BCUT2D eigenvalue weighted by atomic mass is 10.1. The predicted molar refractivity (Wildman–Crippen MR) is 64.2 cm³/mol. The van der Waals surface area contributed by atoms with E-state index in [1.54, 1.807) is 0 Å². The van der Waals surface area contributed by atoms with Gasteiger partial charge in [-0.2, -0.15) is 0 Å². The average Bonchev–Trinajstić information content (AvgIpc) is 2.29. The minimum Gasteiger partial charge on any atom is -0.376 e. The molecule has 1 aliphatic rings. The van der Waals surface area contributed by atoms with Crippen molar-refractivity contribution >= 4 is 0 Å². The number of hydrogen-bond acceptors (Lipinski definition) is 3. The van der Waals surface area contributed by atoms with Crippen LogP contribution in [-0.2, 0) is 4.74 Å². The molecule has 0 aromatic carbocycles. The van der Waals surface area contributed by atoms with Gasteiger partial charge >= 0.3 is 0 Å². The molecule has 0 aromatic rings. The Kier molecular flexibility index (Phi) is 6.22. The maximum Gasteiger partial charge on any atom is 0.0700 e. The zero-order chi connectivity index (χ0) is 11.1. The Bertz CT molecular complexity index is 164. The third-order valence-corrected chi connectivity index (χ3v) is 3.14. The van der Waals surface area contributed by atoms with Crippen molar-refractivity contribution in [2.45, 2.75) is 45.8 Å². The number of morpholine rings is 1. The van der Waals surface area contributed by atoms with Gasteiger partial charge in [-0.05, 0) is 19.4 Å². The molecule has 0 bridgehead atoms. The van der Waals surface area contributed by atoms with Crippen LogP contribution in [0.15, 0.2) is 0 Å². The molecular weight excluding hydrogens is 188 g/mol. The van der Waals surface area contributed by atoms with Crippen LogP contribution in [0.3, 0.4) is 0 Å². The molecule has 2 unspecified atom stereocenters. The van der Waals surface area contributed by atoms with E-state index in [0.717, 1.165) is 32.7 Å². The van der Waals surface area contributed by atoms with Crippen LogP contribution < -0.4 is 5.32 Å². The predicted octanol–water partition coefficient (Wildman–Crippen LogP) is 1.49. The van der Waals surface area contributed by atoms with Crippen molar-refractivity contribution in [1.29, 1.82) is 0 Å². The summed E-state index contributed by atoms with van der Waals surface area (Å²) >= 11 is 0. The maximum atomic E-state index is 5.67. The highest BCUT2D eigenvalue weighted by molar-refractivity contribution is 4.75. The lowest BCUT2D eigenvalue weighted by Gasteiger charge is -2.34. The van der Waals surface area contributed by atoms with Gasteiger partial charge in [-0.15, -0.1) is 0 Å². The Balaban J connectivity index is 2.29. The highest BCUT2D eigenvalue weighted by atomic mass is 16.5. The molecule has 0 aromatic heterocycles. The lowest BCUT2D eigenvalue weighted by molar-refractivity contribution is -0.0321. The fraction of sp³-hybridized carbons (Fsp3) is 1.00. The Morgan fingerprint density at radius 2 is 2.20 bits per heavy atom. The molecule has 1 N–H and O–H groups in total. The molecular formula is C12H26N2O. The summed E-state index contributed by atoms with van der Waals surface area (Å²) < 4.78 is 5.67.